The number of rotatable bonds is 6. The Balaban J connectivity index is 1.85. The van der Waals surface area contributed by atoms with Gasteiger partial charge in [-0.25, -0.2) is 0 Å². The van der Waals surface area contributed by atoms with Crippen LogP contribution in [-0.4, -0.2) is 16.2 Å². The molecule has 104 valence electrons. The maximum Gasteiger partial charge on any atom is 0.250 e. The van der Waals surface area contributed by atoms with E-state index in [1.165, 1.54) is 0 Å². The van der Waals surface area contributed by atoms with Gasteiger partial charge in [0.1, 0.15) is 10.7 Å². The first-order valence-corrected chi connectivity index (χ1v) is 6.76. The van der Waals surface area contributed by atoms with Crippen LogP contribution in [-0.2, 0) is 6.54 Å². The number of hydrogen-bond acceptors (Lipinski definition) is 3. The number of nitrogens with two attached hydrogens (primary N) is 1. The molecule has 0 aliphatic rings. The number of thiocarbonyl (C=S) groups is 1. The van der Waals surface area contributed by atoms with Crippen molar-refractivity contribution in [1.29, 1.82) is 0 Å². The van der Waals surface area contributed by atoms with E-state index in [1.807, 2.05) is 30.3 Å². The molecule has 0 amide bonds. The minimum atomic E-state index is 0.00276. The molecule has 0 atom stereocenters. The van der Waals surface area contributed by atoms with Crippen LogP contribution in [0.4, 0.5) is 0 Å². The van der Waals surface area contributed by atoms with E-state index in [-0.39, 0.29) is 5.56 Å². The van der Waals surface area contributed by atoms with Crippen LogP contribution in [0.25, 0.3) is 0 Å². The van der Waals surface area contributed by atoms with Crippen molar-refractivity contribution in [2.24, 2.45) is 5.73 Å². The molecule has 1 aromatic carbocycles. The fourth-order valence-electron chi connectivity index (χ4n) is 1.81. The highest BCUT2D eigenvalue weighted by Gasteiger charge is 2.00. The number of hydrogen-bond donors (Lipinski definition) is 1. The third-order valence-corrected chi connectivity index (χ3v) is 3.07. The molecule has 2 N–H and O–H groups in total. The Hall–Kier alpha value is -2.14. The Morgan fingerprint density at radius 3 is 2.85 bits per heavy atom. The van der Waals surface area contributed by atoms with Crippen LogP contribution in [0.2, 0.25) is 0 Å². The number of ether oxygens (including phenoxy) is 1. The molecular weight excluding hydrogens is 272 g/mol. The van der Waals surface area contributed by atoms with E-state index in [0.717, 1.165) is 17.7 Å². The lowest BCUT2D eigenvalue weighted by Crippen LogP contribution is -2.18. The maximum atomic E-state index is 11.5. The Morgan fingerprint density at radius 2 is 2.10 bits per heavy atom. The molecule has 20 heavy (non-hydrogen) atoms. The monoisotopic (exact) mass is 288 g/mol. The second kappa shape index (κ2) is 6.86. The van der Waals surface area contributed by atoms with Crippen molar-refractivity contribution in [3.05, 3.63) is 64.6 Å². The Labute approximate surface area is 122 Å². The van der Waals surface area contributed by atoms with Crippen LogP contribution in [0.3, 0.4) is 0 Å². The van der Waals surface area contributed by atoms with E-state index in [4.69, 9.17) is 22.7 Å². The molecule has 4 nitrogen and oxygen atoms in total. The van der Waals surface area contributed by atoms with Crippen LogP contribution in [0.5, 0.6) is 5.75 Å². The average Bonchev–Trinajstić information content (AvgIpc) is 2.45. The number of benzene rings is 1. The molecule has 5 heteroatoms. The summed E-state index contributed by atoms with van der Waals surface area (Å²) in [6.45, 7) is 1.16. The summed E-state index contributed by atoms with van der Waals surface area (Å²) in [5.74, 6) is 0.732. The van der Waals surface area contributed by atoms with E-state index in [0.29, 0.717) is 18.1 Å². The summed E-state index contributed by atoms with van der Waals surface area (Å²) in [4.78, 5) is 11.8. The average molecular weight is 288 g/mol. The van der Waals surface area contributed by atoms with Crippen molar-refractivity contribution in [1.82, 2.24) is 4.57 Å². The fraction of sp³-hybridized carbons (Fsp3) is 0.200. The second-order valence-electron chi connectivity index (χ2n) is 4.33. The molecule has 0 aliphatic heterocycles. The third kappa shape index (κ3) is 3.93. The van der Waals surface area contributed by atoms with Gasteiger partial charge in [-0.15, -0.1) is 0 Å². The summed E-state index contributed by atoms with van der Waals surface area (Å²) in [5.41, 5.74) is 6.36. The molecule has 0 spiro atoms. The lowest BCUT2D eigenvalue weighted by Gasteiger charge is -2.08. The van der Waals surface area contributed by atoms with Crippen LogP contribution in [0, 0.1) is 0 Å². The minimum Gasteiger partial charge on any atom is -0.494 e. The van der Waals surface area contributed by atoms with E-state index in [9.17, 15) is 4.79 Å². The zero-order chi connectivity index (χ0) is 14.4. The standard InChI is InChI=1S/C15H16N2O2S/c16-15(20)12-5-3-6-13(11-12)19-10-4-9-17-8-2-1-7-14(17)18/h1-3,5-8,11H,4,9-10H2,(H2,16,20). The van der Waals surface area contributed by atoms with Crippen molar-refractivity contribution >= 4 is 17.2 Å². The van der Waals surface area contributed by atoms with Gasteiger partial charge in [-0.05, 0) is 24.6 Å². The fourth-order valence-corrected chi connectivity index (χ4v) is 1.94. The molecule has 0 radical (unpaired) electrons. The molecular formula is C15H16N2O2S. The molecule has 0 fully saturated rings. The van der Waals surface area contributed by atoms with Gasteiger partial charge in [-0.3, -0.25) is 4.79 Å². The first kappa shape index (κ1) is 14.3. The van der Waals surface area contributed by atoms with Gasteiger partial charge >= 0.3 is 0 Å². The summed E-state index contributed by atoms with van der Waals surface area (Å²) in [5, 5.41) is 0. The van der Waals surface area contributed by atoms with Gasteiger partial charge < -0.3 is 15.0 Å². The largest absolute Gasteiger partial charge is 0.494 e. The van der Waals surface area contributed by atoms with E-state index in [2.05, 4.69) is 0 Å². The number of aromatic nitrogens is 1. The first-order valence-electron chi connectivity index (χ1n) is 6.35. The zero-order valence-corrected chi connectivity index (χ0v) is 11.8. The van der Waals surface area contributed by atoms with Crippen LogP contribution >= 0.6 is 12.2 Å². The van der Waals surface area contributed by atoms with E-state index >= 15 is 0 Å². The number of nitrogens with zero attached hydrogens (tertiary/aromatic N) is 1. The summed E-state index contributed by atoms with van der Waals surface area (Å²) in [6.07, 6.45) is 2.52. The van der Waals surface area contributed by atoms with Crippen molar-refractivity contribution < 1.29 is 4.74 Å². The van der Waals surface area contributed by atoms with Crippen LogP contribution in [0.15, 0.2) is 53.5 Å². The lowest BCUT2D eigenvalue weighted by molar-refractivity contribution is 0.301. The van der Waals surface area contributed by atoms with Gasteiger partial charge in [-0.1, -0.05) is 30.4 Å². The topological polar surface area (TPSA) is 57.2 Å². The van der Waals surface area contributed by atoms with Crippen molar-refractivity contribution in [3.8, 4) is 5.75 Å². The highest BCUT2D eigenvalue weighted by Crippen LogP contribution is 2.13. The molecule has 1 aromatic heterocycles. The zero-order valence-electron chi connectivity index (χ0n) is 11.0. The van der Waals surface area contributed by atoms with Gasteiger partial charge in [0.15, 0.2) is 0 Å². The van der Waals surface area contributed by atoms with Gasteiger partial charge in [-0.2, -0.15) is 0 Å². The highest BCUT2D eigenvalue weighted by atomic mass is 32.1. The molecule has 0 aliphatic carbocycles. The smallest absolute Gasteiger partial charge is 0.250 e. The predicted octanol–water partition coefficient (Wildman–Crippen LogP) is 1.95. The summed E-state index contributed by atoms with van der Waals surface area (Å²) in [6, 6.07) is 12.5. The van der Waals surface area contributed by atoms with Gasteiger partial charge in [0, 0.05) is 24.4 Å². The molecule has 0 saturated carbocycles. The predicted molar refractivity (Wildman–Crippen MR) is 83.1 cm³/mol. The van der Waals surface area contributed by atoms with Crippen molar-refractivity contribution in [2.75, 3.05) is 6.61 Å². The number of pyridine rings is 1. The van der Waals surface area contributed by atoms with Gasteiger partial charge in [0.05, 0.1) is 6.61 Å². The van der Waals surface area contributed by atoms with Crippen LogP contribution < -0.4 is 16.0 Å². The van der Waals surface area contributed by atoms with Crippen molar-refractivity contribution in [3.63, 3.8) is 0 Å². The van der Waals surface area contributed by atoms with Crippen LogP contribution in [0.1, 0.15) is 12.0 Å². The molecule has 2 rings (SSSR count). The Morgan fingerprint density at radius 1 is 1.25 bits per heavy atom. The SMILES string of the molecule is NC(=S)c1cccc(OCCCn2ccccc2=O)c1. The van der Waals surface area contributed by atoms with Gasteiger partial charge in [0.25, 0.3) is 0 Å². The Bertz CT molecular complexity index is 652. The summed E-state index contributed by atoms with van der Waals surface area (Å²) >= 11 is 4.92. The lowest BCUT2D eigenvalue weighted by atomic mass is 10.2. The summed E-state index contributed by atoms with van der Waals surface area (Å²) < 4.78 is 7.29. The molecule has 0 bridgehead atoms. The molecule has 0 unspecified atom stereocenters. The first-order chi connectivity index (χ1) is 9.66. The second-order valence-corrected chi connectivity index (χ2v) is 4.77. The van der Waals surface area contributed by atoms with E-state index < -0.39 is 0 Å². The minimum absolute atomic E-state index is 0.00276. The molecule has 1 heterocycles. The summed E-state index contributed by atoms with van der Waals surface area (Å²) in [7, 11) is 0. The van der Waals surface area contributed by atoms with Crippen molar-refractivity contribution in [2.45, 2.75) is 13.0 Å². The quantitative estimate of drug-likeness (QED) is 0.652. The maximum absolute atomic E-state index is 11.5. The third-order valence-electron chi connectivity index (χ3n) is 2.83. The van der Waals surface area contributed by atoms with Gasteiger partial charge in [0.2, 0.25) is 5.56 Å². The Kier molecular flexibility index (Phi) is 4.90. The highest BCUT2D eigenvalue weighted by molar-refractivity contribution is 7.80. The van der Waals surface area contributed by atoms with E-state index in [1.54, 1.807) is 22.9 Å². The molecule has 0 saturated heterocycles. The molecule has 2 aromatic rings. The number of aryl methyl sites for hydroxylation is 1. The normalized spacial score (nSPS) is 10.2.